The number of hydrogen-bond acceptors (Lipinski definition) is 3. The van der Waals surface area contributed by atoms with Crippen molar-refractivity contribution in [2.24, 2.45) is 0 Å². The predicted molar refractivity (Wildman–Crippen MR) is 154 cm³/mol. The number of amides is 1. The molecule has 0 unspecified atom stereocenters. The Morgan fingerprint density at radius 2 is 1.59 bits per heavy atom. The number of rotatable bonds is 7. The molecule has 2 N–H and O–H groups in total. The van der Waals surface area contributed by atoms with Gasteiger partial charge in [0.15, 0.2) is 0 Å². The number of pyridine rings is 1. The number of nitrogens with one attached hydrogen (secondary N) is 2. The minimum Gasteiger partial charge on any atom is -0.355 e. The molecule has 0 radical (unpaired) electrons. The Morgan fingerprint density at radius 3 is 2.38 bits per heavy atom. The number of aromatic nitrogens is 1. The molecule has 37 heavy (non-hydrogen) atoms. The Balaban J connectivity index is 1.54. The molecule has 1 heterocycles. The molecule has 0 fully saturated rings. The van der Waals surface area contributed by atoms with Gasteiger partial charge in [-0.25, -0.2) is 0 Å². The number of benzene rings is 4. The maximum atomic E-state index is 12.5. The Labute approximate surface area is 222 Å². The summed E-state index contributed by atoms with van der Waals surface area (Å²) in [7, 11) is 0. The third-order valence-electron chi connectivity index (χ3n) is 6.15. The summed E-state index contributed by atoms with van der Waals surface area (Å²) < 4.78 is 0. The van der Waals surface area contributed by atoms with Gasteiger partial charge in [-0.1, -0.05) is 72.3 Å². The SMILES string of the molecule is CC(C)NC(=O)c1cccc(Nc2cccc(-c3c(Cc4ccccc4)cnc4c(Cl)cccc34)c2)c1. The molecule has 0 aliphatic rings. The van der Waals surface area contributed by atoms with Crippen molar-refractivity contribution in [1.29, 1.82) is 0 Å². The Hall–Kier alpha value is -4.15. The first-order valence-corrected chi connectivity index (χ1v) is 12.7. The standard InChI is InChI=1S/C32H28ClN3O/c1-21(2)35-32(37)24-12-7-14-27(19-24)36-26-13-6-11-23(18-26)30-25(17-22-9-4-3-5-10-22)20-34-31-28(30)15-8-16-29(31)33/h3-16,18-21,36H,17H2,1-2H3,(H,35,37). The van der Waals surface area contributed by atoms with Crippen LogP contribution in [0.25, 0.3) is 22.0 Å². The fourth-order valence-electron chi connectivity index (χ4n) is 4.52. The zero-order valence-electron chi connectivity index (χ0n) is 20.8. The van der Waals surface area contributed by atoms with Crippen LogP contribution in [0.1, 0.15) is 35.3 Å². The van der Waals surface area contributed by atoms with E-state index < -0.39 is 0 Å². The molecular weight excluding hydrogens is 478 g/mol. The van der Waals surface area contributed by atoms with Gasteiger partial charge < -0.3 is 10.6 Å². The van der Waals surface area contributed by atoms with Crippen molar-refractivity contribution >= 4 is 39.8 Å². The number of halogens is 1. The van der Waals surface area contributed by atoms with Gasteiger partial charge in [0.2, 0.25) is 0 Å². The fourth-order valence-corrected chi connectivity index (χ4v) is 4.75. The van der Waals surface area contributed by atoms with Crippen LogP contribution in [0, 0.1) is 0 Å². The van der Waals surface area contributed by atoms with Crippen molar-refractivity contribution in [1.82, 2.24) is 10.3 Å². The van der Waals surface area contributed by atoms with Crippen LogP contribution in [0.2, 0.25) is 5.02 Å². The van der Waals surface area contributed by atoms with Crippen LogP contribution in [0.15, 0.2) is 103 Å². The molecule has 0 bridgehead atoms. The number of nitrogens with zero attached hydrogens (tertiary/aromatic N) is 1. The topological polar surface area (TPSA) is 54.0 Å². The molecule has 1 amide bonds. The molecule has 0 aliphatic carbocycles. The fraction of sp³-hybridized carbons (Fsp3) is 0.125. The molecule has 0 spiro atoms. The molecule has 184 valence electrons. The Bertz CT molecular complexity index is 1560. The average Bonchev–Trinajstić information content (AvgIpc) is 2.89. The highest BCUT2D eigenvalue weighted by Gasteiger charge is 2.14. The molecule has 0 atom stereocenters. The van der Waals surface area contributed by atoms with Gasteiger partial charge in [-0.15, -0.1) is 0 Å². The van der Waals surface area contributed by atoms with E-state index in [0.29, 0.717) is 10.6 Å². The number of carbonyl (C=O) groups is 1. The van der Waals surface area contributed by atoms with Crippen LogP contribution < -0.4 is 10.6 Å². The average molecular weight is 506 g/mol. The third-order valence-corrected chi connectivity index (χ3v) is 6.45. The first-order valence-electron chi connectivity index (χ1n) is 12.4. The second kappa shape index (κ2) is 10.9. The lowest BCUT2D eigenvalue weighted by Gasteiger charge is -2.16. The van der Waals surface area contributed by atoms with Crippen molar-refractivity contribution in [3.8, 4) is 11.1 Å². The molecule has 4 nitrogen and oxygen atoms in total. The van der Waals surface area contributed by atoms with Crippen molar-refractivity contribution < 1.29 is 4.79 Å². The van der Waals surface area contributed by atoms with Gasteiger partial charge in [-0.05, 0) is 78.9 Å². The van der Waals surface area contributed by atoms with Gasteiger partial charge in [-0.2, -0.15) is 0 Å². The number of para-hydroxylation sites is 1. The Kier molecular flexibility index (Phi) is 7.20. The first kappa shape index (κ1) is 24.5. The highest BCUT2D eigenvalue weighted by molar-refractivity contribution is 6.35. The van der Waals surface area contributed by atoms with Gasteiger partial charge in [0.05, 0.1) is 10.5 Å². The predicted octanol–water partition coefficient (Wildman–Crippen LogP) is 8.03. The molecule has 5 heteroatoms. The maximum Gasteiger partial charge on any atom is 0.251 e. The van der Waals surface area contributed by atoms with E-state index in [9.17, 15) is 4.79 Å². The molecular formula is C32H28ClN3O. The van der Waals surface area contributed by atoms with Crippen LogP contribution >= 0.6 is 11.6 Å². The molecule has 1 aromatic heterocycles. The zero-order valence-corrected chi connectivity index (χ0v) is 21.6. The molecule has 0 saturated carbocycles. The van der Waals surface area contributed by atoms with Crippen molar-refractivity contribution in [3.63, 3.8) is 0 Å². The second-order valence-electron chi connectivity index (χ2n) is 9.37. The lowest BCUT2D eigenvalue weighted by molar-refractivity contribution is 0.0943. The monoisotopic (exact) mass is 505 g/mol. The lowest BCUT2D eigenvalue weighted by Crippen LogP contribution is -2.30. The van der Waals surface area contributed by atoms with Crippen LogP contribution in [-0.2, 0) is 6.42 Å². The molecule has 5 aromatic rings. The number of carbonyl (C=O) groups excluding carboxylic acids is 1. The minimum atomic E-state index is -0.0851. The zero-order chi connectivity index (χ0) is 25.8. The summed E-state index contributed by atoms with van der Waals surface area (Å²) in [4.78, 5) is 17.2. The highest BCUT2D eigenvalue weighted by Crippen LogP contribution is 2.36. The summed E-state index contributed by atoms with van der Waals surface area (Å²) in [6.07, 6.45) is 2.70. The van der Waals surface area contributed by atoms with Crippen LogP contribution in [0.3, 0.4) is 0 Å². The van der Waals surface area contributed by atoms with Crippen molar-refractivity contribution in [3.05, 3.63) is 125 Å². The van der Waals surface area contributed by atoms with E-state index in [1.807, 2.05) is 74.6 Å². The van der Waals surface area contributed by atoms with Gasteiger partial charge in [0.1, 0.15) is 0 Å². The largest absolute Gasteiger partial charge is 0.355 e. The maximum absolute atomic E-state index is 12.5. The quantitative estimate of drug-likeness (QED) is 0.235. The highest BCUT2D eigenvalue weighted by atomic mass is 35.5. The van der Waals surface area contributed by atoms with E-state index in [1.54, 1.807) is 0 Å². The summed E-state index contributed by atoms with van der Waals surface area (Å²) in [5.74, 6) is -0.0851. The van der Waals surface area contributed by atoms with Gasteiger partial charge in [0.25, 0.3) is 5.91 Å². The summed E-state index contributed by atoms with van der Waals surface area (Å²) in [5.41, 5.74) is 7.72. The third kappa shape index (κ3) is 5.65. The summed E-state index contributed by atoms with van der Waals surface area (Å²) in [5, 5.41) is 8.07. The lowest BCUT2D eigenvalue weighted by atomic mass is 9.92. The number of anilines is 2. The summed E-state index contributed by atoms with van der Waals surface area (Å²) >= 11 is 6.53. The minimum absolute atomic E-state index is 0.0783. The van der Waals surface area contributed by atoms with E-state index in [0.717, 1.165) is 45.4 Å². The Morgan fingerprint density at radius 1 is 0.865 bits per heavy atom. The number of fused-ring (bicyclic) bond motifs is 1. The van der Waals surface area contributed by atoms with Crippen LogP contribution in [0.4, 0.5) is 11.4 Å². The molecule has 0 saturated heterocycles. The second-order valence-corrected chi connectivity index (χ2v) is 9.78. The van der Waals surface area contributed by atoms with Crippen LogP contribution in [0.5, 0.6) is 0 Å². The van der Waals surface area contributed by atoms with E-state index in [-0.39, 0.29) is 11.9 Å². The van der Waals surface area contributed by atoms with E-state index >= 15 is 0 Å². The smallest absolute Gasteiger partial charge is 0.251 e. The van der Waals surface area contributed by atoms with Gasteiger partial charge >= 0.3 is 0 Å². The van der Waals surface area contributed by atoms with E-state index in [2.05, 4.69) is 53.1 Å². The first-order chi connectivity index (χ1) is 18.0. The van der Waals surface area contributed by atoms with Crippen molar-refractivity contribution in [2.45, 2.75) is 26.3 Å². The normalized spacial score (nSPS) is 11.0. The van der Waals surface area contributed by atoms with Crippen molar-refractivity contribution in [2.75, 3.05) is 5.32 Å². The summed E-state index contributed by atoms with van der Waals surface area (Å²) in [6, 6.07) is 32.2. The summed E-state index contributed by atoms with van der Waals surface area (Å²) in [6.45, 7) is 3.90. The van der Waals surface area contributed by atoms with Gasteiger partial charge in [-0.3, -0.25) is 9.78 Å². The molecule has 0 aliphatic heterocycles. The molecule has 5 rings (SSSR count). The molecule has 4 aromatic carbocycles. The van der Waals surface area contributed by atoms with Gasteiger partial charge in [0, 0.05) is 34.6 Å². The van der Waals surface area contributed by atoms with E-state index in [1.165, 1.54) is 5.56 Å². The van der Waals surface area contributed by atoms with E-state index in [4.69, 9.17) is 16.6 Å². The number of hydrogen-bond donors (Lipinski definition) is 2. The van der Waals surface area contributed by atoms with Crippen LogP contribution in [-0.4, -0.2) is 16.9 Å².